The third-order valence-electron chi connectivity index (χ3n) is 4.78. The van der Waals surface area contributed by atoms with Gasteiger partial charge < -0.3 is 5.32 Å². The van der Waals surface area contributed by atoms with E-state index in [4.69, 9.17) is 11.6 Å². The van der Waals surface area contributed by atoms with Crippen LogP contribution in [0.15, 0.2) is 53.5 Å². The van der Waals surface area contributed by atoms with Crippen molar-refractivity contribution < 1.29 is 14.4 Å². The van der Waals surface area contributed by atoms with Gasteiger partial charge in [0.05, 0.1) is 21.8 Å². The van der Waals surface area contributed by atoms with Crippen molar-refractivity contribution in [2.45, 2.75) is 18.1 Å². The molecule has 2 heterocycles. The molecule has 142 valence electrons. The number of nitrogens with one attached hydrogen (secondary N) is 1. The molecule has 0 aromatic heterocycles. The van der Waals surface area contributed by atoms with E-state index in [1.54, 1.807) is 43.3 Å². The van der Waals surface area contributed by atoms with Crippen LogP contribution in [-0.2, 0) is 4.79 Å². The van der Waals surface area contributed by atoms with Crippen molar-refractivity contribution >= 4 is 51.9 Å². The van der Waals surface area contributed by atoms with Crippen molar-refractivity contribution in [1.29, 1.82) is 0 Å². The van der Waals surface area contributed by atoms with Crippen molar-refractivity contribution in [1.82, 2.24) is 4.90 Å². The Bertz CT molecular complexity index is 1000. The number of carbonyl (C=O) groups excluding carboxylic acids is 3. The van der Waals surface area contributed by atoms with Gasteiger partial charge in [0.1, 0.15) is 4.75 Å². The number of aliphatic imine (C=N–C) groups is 1. The molecule has 2 aliphatic heterocycles. The summed E-state index contributed by atoms with van der Waals surface area (Å²) in [5.74, 6) is -0.950. The molecule has 0 saturated carbocycles. The van der Waals surface area contributed by atoms with Gasteiger partial charge in [-0.2, -0.15) is 4.99 Å². The summed E-state index contributed by atoms with van der Waals surface area (Å²) in [5, 5.41) is 4.04. The largest absolute Gasteiger partial charge is 0.333 e. The number of thioether (sulfide) groups is 1. The molecule has 3 amide bonds. The van der Waals surface area contributed by atoms with Gasteiger partial charge in [-0.15, -0.1) is 0 Å². The summed E-state index contributed by atoms with van der Waals surface area (Å²) in [5.41, 5.74) is 1.47. The number of imide groups is 1. The highest BCUT2D eigenvalue weighted by Gasteiger charge is 2.43. The maximum atomic E-state index is 12.5. The molecule has 0 aliphatic carbocycles. The SMILES string of the molecule is CC1(CCN2C(=O)c3ccccc3C2=O)SC(Nc2ccccc2Cl)=NC1=O. The number of nitrogens with zero attached hydrogens (tertiary/aromatic N) is 2. The fraction of sp³-hybridized carbons (Fsp3) is 0.200. The average molecular weight is 414 g/mol. The molecular weight excluding hydrogens is 398 g/mol. The Labute approximate surface area is 171 Å². The first kappa shape index (κ1) is 18.7. The Balaban J connectivity index is 1.44. The molecule has 1 unspecified atom stereocenters. The number of halogens is 1. The quantitative estimate of drug-likeness (QED) is 0.770. The Morgan fingerprint density at radius 2 is 1.64 bits per heavy atom. The van der Waals surface area contributed by atoms with Gasteiger partial charge in [-0.1, -0.05) is 47.6 Å². The fourth-order valence-electron chi connectivity index (χ4n) is 3.15. The topological polar surface area (TPSA) is 78.8 Å². The molecule has 2 aromatic rings. The van der Waals surface area contributed by atoms with Crippen LogP contribution in [0.25, 0.3) is 0 Å². The van der Waals surface area contributed by atoms with E-state index in [1.165, 1.54) is 16.7 Å². The van der Waals surface area contributed by atoms with Gasteiger partial charge in [-0.3, -0.25) is 19.3 Å². The first-order chi connectivity index (χ1) is 13.4. The van der Waals surface area contributed by atoms with Crippen LogP contribution in [0.4, 0.5) is 5.69 Å². The third-order valence-corrected chi connectivity index (χ3v) is 6.33. The molecular formula is C20H16ClN3O3S. The average Bonchev–Trinajstić information content (AvgIpc) is 3.09. The third kappa shape index (κ3) is 3.21. The van der Waals surface area contributed by atoms with Crippen LogP contribution in [-0.4, -0.2) is 39.1 Å². The Kier molecular flexibility index (Phi) is 4.72. The van der Waals surface area contributed by atoms with E-state index in [9.17, 15) is 14.4 Å². The number of amides is 3. The number of hydrogen-bond donors (Lipinski definition) is 1. The van der Waals surface area contributed by atoms with Crippen LogP contribution in [0, 0.1) is 0 Å². The number of anilines is 1. The van der Waals surface area contributed by atoms with Crippen molar-refractivity contribution in [2.24, 2.45) is 4.99 Å². The zero-order valence-corrected chi connectivity index (χ0v) is 16.5. The van der Waals surface area contributed by atoms with Crippen LogP contribution >= 0.6 is 23.4 Å². The van der Waals surface area contributed by atoms with Gasteiger partial charge in [0, 0.05) is 6.54 Å². The molecule has 4 rings (SSSR count). The van der Waals surface area contributed by atoms with Crippen LogP contribution in [0.3, 0.4) is 0 Å². The van der Waals surface area contributed by atoms with Gasteiger partial charge in [0.25, 0.3) is 17.7 Å². The van der Waals surface area contributed by atoms with E-state index in [0.29, 0.717) is 33.4 Å². The Morgan fingerprint density at radius 3 is 2.29 bits per heavy atom. The molecule has 2 aliphatic rings. The minimum Gasteiger partial charge on any atom is -0.333 e. The van der Waals surface area contributed by atoms with Crippen molar-refractivity contribution in [3.63, 3.8) is 0 Å². The van der Waals surface area contributed by atoms with Crippen molar-refractivity contribution in [3.05, 3.63) is 64.7 Å². The standard InChI is InChI=1S/C20H16ClN3O3S/c1-20(10-11-24-16(25)12-6-2-3-7-13(12)17(24)26)18(27)23-19(28-20)22-15-9-5-4-8-14(15)21/h2-9H,10-11H2,1H3,(H,22,23,27). The van der Waals surface area contributed by atoms with Crippen molar-refractivity contribution in [3.8, 4) is 0 Å². The summed E-state index contributed by atoms with van der Waals surface area (Å²) in [6.07, 6.45) is 0.305. The number of fused-ring (bicyclic) bond motifs is 1. The summed E-state index contributed by atoms with van der Waals surface area (Å²) >= 11 is 7.42. The second-order valence-electron chi connectivity index (χ2n) is 6.72. The molecule has 1 N–H and O–H groups in total. The van der Waals surface area contributed by atoms with E-state index < -0.39 is 4.75 Å². The second-order valence-corrected chi connectivity index (χ2v) is 8.62. The molecule has 28 heavy (non-hydrogen) atoms. The van der Waals surface area contributed by atoms with E-state index in [-0.39, 0.29) is 24.3 Å². The van der Waals surface area contributed by atoms with E-state index in [0.717, 1.165) is 0 Å². The Morgan fingerprint density at radius 1 is 1.04 bits per heavy atom. The van der Waals surface area contributed by atoms with Gasteiger partial charge in [0.15, 0.2) is 5.17 Å². The lowest BCUT2D eigenvalue weighted by atomic mass is 10.1. The van der Waals surface area contributed by atoms with E-state index in [1.807, 2.05) is 12.1 Å². The number of carbonyl (C=O) groups is 3. The van der Waals surface area contributed by atoms with Gasteiger partial charge >= 0.3 is 0 Å². The highest BCUT2D eigenvalue weighted by Crippen LogP contribution is 2.38. The van der Waals surface area contributed by atoms with E-state index in [2.05, 4.69) is 10.3 Å². The number of benzene rings is 2. The highest BCUT2D eigenvalue weighted by molar-refractivity contribution is 8.16. The molecule has 2 aromatic carbocycles. The lowest BCUT2D eigenvalue weighted by Gasteiger charge is -2.23. The van der Waals surface area contributed by atoms with Crippen LogP contribution < -0.4 is 5.32 Å². The van der Waals surface area contributed by atoms with Crippen LogP contribution in [0.1, 0.15) is 34.1 Å². The highest BCUT2D eigenvalue weighted by atomic mass is 35.5. The second kappa shape index (κ2) is 7.07. The van der Waals surface area contributed by atoms with Crippen molar-refractivity contribution in [2.75, 3.05) is 11.9 Å². The molecule has 6 nitrogen and oxygen atoms in total. The maximum Gasteiger partial charge on any atom is 0.264 e. The fourth-order valence-corrected chi connectivity index (χ4v) is 4.37. The number of para-hydroxylation sites is 1. The zero-order valence-electron chi connectivity index (χ0n) is 14.9. The normalized spacial score (nSPS) is 21.1. The first-order valence-corrected chi connectivity index (χ1v) is 9.87. The molecule has 0 bridgehead atoms. The summed E-state index contributed by atoms with van der Waals surface area (Å²) in [4.78, 5) is 42.8. The number of hydrogen-bond acceptors (Lipinski definition) is 5. The molecule has 1 atom stereocenters. The molecule has 0 spiro atoms. The minimum atomic E-state index is -0.862. The van der Waals surface area contributed by atoms with Gasteiger partial charge in [-0.25, -0.2) is 0 Å². The molecule has 8 heteroatoms. The lowest BCUT2D eigenvalue weighted by molar-refractivity contribution is -0.119. The monoisotopic (exact) mass is 413 g/mol. The molecule has 0 radical (unpaired) electrons. The van der Waals surface area contributed by atoms with E-state index >= 15 is 0 Å². The summed E-state index contributed by atoms with van der Waals surface area (Å²) in [6, 6.07) is 13.9. The first-order valence-electron chi connectivity index (χ1n) is 8.68. The number of amidine groups is 1. The predicted molar refractivity (Wildman–Crippen MR) is 110 cm³/mol. The number of rotatable bonds is 4. The van der Waals surface area contributed by atoms with Gasteiger partial charge in [-0.05, 0) is 37.6 Å². The Hall–Kier alpha value is -2.64. The van der Waals surface area contributed by atoms with Crippen LogP contribution in [0.5, 0.6) is 0 Å². The maximum absolute atomic E-state index is 12.5. The summed E-state index contributed by atoms with van der Waals surface area (Å²) < 4.78 is -0.862. The minimum absolute atomic E-state index is 0.149. The van der Waals surface area contributed by atoms with Gasteiger partial charge in [0.2, 0.25) is 0 Å². The molecule has 0 fully saturated rings. The lowest BCUT2D eigenvalue weighted by Crippen LogP contribution is -2.37. The smallest absolute Gasteiger partial charge is 0.264 e. The summed E-state index contributed by atoms with van der Waals surface area (Å²) in [6.45, 7) is 1.92. The van der Waals surface area contributed by atoms with Crippen LogP contribution in [0.2, 0.25) is 5.02 Å². The zero-order chi connectivity index (χ0) is 19.9. The predicted octanol–water partition coefficient (Wildman–Crippen LogP) is 3.83. The summed E-state index contributed by atoms with van der Waals surface area (Å²) in [7, 11) is 0. The molecule has 0 saturated heterocycles.